The first-order valence-corrected chi connectivity index (χ1v) is 8.60. The Morgan fingerprint density at radius 2 is 2.04 bits per heavy atom. The molecule has 1 saturated carbocycles. The predicted octanol–water partition coefficient (Wildman–Crippen LogP) is 2.71. The van der Waals surface area contributed by atoms with Crippen molar-refractivity contribution in [1.29, 1.82) is 0 Å². The summed E-state index contributed by atoms with van der Waals surface area (Å²) in [4.78, 5) is 29.4. The lowest BCUT2D eigenvalue weighted by atomic mass is 9.85. The standard InChI is InChI=1S/C18H27N3O3/c1-4-13-7-5-6-8-15(13)24-12-17(22)20-16-10-9-14(11-19-16)18(23)21(2)3/h9-11,13,15H,4-8,12H2,1-3H3,(H,19,20,22). The van der Waals surface area contributed by atoms with E-state index >= 15 is 0 Å². The molecule has 1 aliphatic carbocycles. The van der Waals surface area contributed by atoms with E-state index in [0.29, 0.717) is 17.3 Å². The Bertz CT molecular complexity index is 557. The second kappa shape index (κ2) is 8.78. The molecule has 2 unspecified atom stereocenters. The molecule has 2 amide bonds. The Balaban J connectivity index is 1.82. The van der Waals surface area contributed by atoms with Gasteiger partial charge in [0.05, 0.1) is 11.7 Å². The van der Waals surface area contributed by atoms with Gasteiger partial charge in [0.1, 0.15) is 12.4 Å². The molecule has 6 heteroatoms. The van der Waals surface area contributed by atoms with Crippen LogP contribution in [0.1, 0.15) is 49.4 Å². The van der Waals surface area contributed by atoms with E-state index in [9.17, 15) is 9.59 Å². The van der Waals surface area contributed by atoms with Crippen molar-refractivity contribution in [3.8, 4) is 0 Å². The zero-order chi connectivity index (χ0) is 17.5. The lowest BCUT2D eigenvalue weighted by Gasteiger charge is -2.30. The molecule has 1 heterocycles. The van der Waals surface area contributed by atoms with Crippen LogP contribution < -0.4 is 5.32 Å². The van der Waals surface area contributed by atoms with E-state index in [4.69, 9.17) is 4.74 Å². The van der Waals surface area contributed by atoms with E-state index in [1.165, 1.54) is 30.4 Å². The number of nitrogens with zero attached hydrogens (tertiary/aromatic N) is 2. The summed E-state index contributed by atoms with van der Waals surface area (Å²) >= 11 is 0. The third kappa shape index (κ3) is 5.03. The Morgan fingerprint density at radius 1 is 1.29 bits per heavy atom. The van der Waals surface area contributed by atoms with E-state index in [-0.39, 0.29) is 24.5 Å². The van der Waals surface area contributed by atoms with Gasteiger partial charge < -0.3 is 15.0 Å². The summed E-state index contributed by atoms with van der Waals surface area (Å²) < 4.78 is 5.81. The van der Waals surface area contributed by atoms with Crippen molar-refractivity contribution in [3.05, 3.63) is 23.9 Å². The van der Waals surface area contributed by atoms with Gasteiger partial charge in [0.2, 0.25) is 0 Å². The highest BCUT2D eigenvalue weighted by molar-refractivity contribution is 5.94. The highest BCUT2D eigenvalue weighted by Crippen LogP contribution is 2.29. The number of amides is 2. The smallest absolute Gasteiger partial charge is 0.254 e. The molecule has 0 spiro atoms. The van der Waals surface area contributed by atoms with Crippen LogP contribution in [0.5, 0.6) is 0 Å². The zero-order valence-electron chi connectivity index (χ0n) is 14.7. The van der Waals surface area contributed by atoms with Gasteiger partial charge in [-0.15, -0.1) is 0 Å². The van der Waals surface area contributed by atoms with E-state index in [2.05, 4.69) is 17.2 Å². The number of carbonyl (C=O) groups is 2. The van der Waals surface area contributed by atoms with Crippen LogP contribution in [0, 0.1) is 5.92 Å². The molecule has 1 N–H and O–H groups in total. The zero-order valence-corrected chi connectivity index (χ0v) is 14.7. The number of hydrogen-bond donors (Lipinski definition) is 1. The van der Waals surface area contributed by atoms with E-state index in [1.54, 1.807) is 26.2 Å². The monoisotopic (exact) mass is 333 g/mol. The first-order valence-electron chi connectivity index (χ1n) is 8.60. The van der Waals surface area contributed by atoms with Gasteiger partial charge in [-0.3, -0.25) is 9.59 Å². The highest BCUT2D eigenvalue weighted by Gasteiger charge is 2.24. The van der Waals surface area contributed by atoms with Gasteiger partial charge in [-0.2, -0.15) is 0 Å². The molecule has 24 heavy (non-hydrogen) atoms. The van der Waals surface area contributed by atoms with Crippen LogP contribution in [0.3, 0.4) is 0 Å². The molecule has 0 bridgehead atoms. The highest BCUT2D eigenvalue weighted by atomic mass is 16.5. The molecule has 2 atom stereocenters. The molecular weight excluding hydrogens is 306 g/mol. The van der Waals surface area contributed by atoms with Gasteiger partial charge in [0.25, 0.3) is 11.8 Å². The molecular formula is C18H27N3O3. The van der Waals surface area contributed by atoms with Crippen molar-refractivity contribution in [1.82, 2.24) is 9.88 Å². The summed E-state index contributed by atoms with van der Waals surface area (Å²) in [6.45, 7) is 2.22. The number of aromatic nitrogens is 1. The first kappa shape index (κ1) is 18.4. The normalized spacial score (nSPS) is 20.5. The van der Waals surface area contributed by atoms with Gasteiger partial charge >= 0.3 is 0 Å². The molecule has 0 radical (unpaired) electrons. The largest absolute Gasteiger partial charge is 0.368 e. The van der Waals surface area contributed by atoms with Crippen LogP contribution in [-0.2, 0) is 9.53 Å². The summed E-state index contributed by atoms with van der Waals surface area (Å²) in [7, 11) is 3.37. The van der Waals surface area contributed by atoms with Gasteiger partial charge in [0, 0.05) is 20.3 Å². The minimum Gasteiger partial charge on any atom is -0.368 e. The molecule has 0 saturated heterocycles. The first-order chi connectivity index (χ1) is 11.5. The molecule has 1 fully saturated rings. The molecule has 6 nitrogen and oxygen atoms in total. The van der Waals surface area contributed by atoms with Crippen LogP contribution in [0.2, 0.25) is 0 Å². The van der Waals surface area contributed by atoms with Crippen LogP contribution in [-0.4, -0.2) is 48.5 Å². The van der Waals surface area contributed by atoms with E-state index in [0.717, 1.165) is 12.8 Å². The summed E-state index contributed by atoms with van der Waals surface area (Å²) in [5.74, 6) is 0.650. The molecule has 1 aromatic rings. The quantitative estimate of drug-likeness (QED) is 0.869. The third-order valence-electron chi connectivity index (χ3n) is 4.48. The van der Waals surface area contributed by atoms with Crippen LogP contribution >= 0.6 is 0 Å². The average Bonchev–Trinajstić information content (AvgIpc) is 2.60. The number of pyridine rings is 1. The maximum Gasteiger partial charge on any atom is 0.254 e. The van der Waals surface area contributed by atoms with Gasteiger partial charge in [-0.1, -0.05) is 26.2 Å². The van der Waals surface area contributed by atoms with Gasteiger partial charge in [0.15, 0.2) is 0 Å². The van der Waals surface area contributed by atoms with Crippen molar-refractivity contribution < 1.29 is 14.3 Å². The van der Waals surface area contributed by atoms with Gasteiger partial charge in [-0.25, -0.2) is 4.98 Å². The average molecular weight is 333 g/mol. The number of nitrogens with one attached hydrogen (secondary N) is 1. The second-order valence-corrected chi connectivity index (χ2v) is 6.48. The summed E-state index contributed by atoms with van der Waals surface area (Å²) in [6.07, 6.45) is 7.39. The number of rotatable bonds is 6. The fourth-order valence-electron chi connectivity index (χ4n) is 3.07. The maximum atomic E-state index is 12.0. The summed E-state index contributed by atoms with van der Waals surface area (Å²) in [5.41, 5.74) is 0.488. The Kier molecular flexibility index (Phi) is 6.73. The summed E-state index contributed by atoms with van der Waals surface area (Å²) in [5, 5.41) is 2.71. The minimum atomic E-state index is -0.213. The fourth-order valence-corrected chi connectivity index (χ4v) is 3.07. The molecule has 0 aromatic carbocycles. The number of carbonyl (C=O) groups excluding carboxylic acids is 2. The van der Waals surface area contributed by atoms with Gasteiger partial charge in [-0.05, 0) is 30.9 Å². The topological polar surface area (TPSA) is 71.5 Å². The van der Waals surface area contributed by atoms with Crippen LogP contribution in [0.4, 0.5) is 5.82 Å². The van der Waals surface area contributed by atoms with Crippen molar-refractivity contribution >= 4 is 17.6 Å². The van der Waals surface area contributed by atoms with E-state index in [1.807, 2.05) is 0 Å². The number of hydrogen-bond acceptors (Lipinski definition) is 4. The van der Waals surface area contributed by atoms with Crippen molar-refractivity contribution in [2.45, 2.75) is 45.1 Å². The fraction of sp³-hybridized carbons (Fsp3) is 0.611. The van der Waals surface area contributed by atoms with Crippen LogP contribution in [0.15, 0.2) is 18.3 Å². The molecule has 1 aliphatic rings. The van der Waals surface area contributed by atoms with Crippen molar-refractivity contribution in [2.75, 3.05) is 26.0 Å². The Labute approximate surface area is 143 Å². The number of anilines is 1. The van der Waals surface area contributed by atoms with E-state index < -0.39 is 0 Å². The predicted molar refractivity (Wildman–Crippen MR) is 92.9 cm³/mol. The molecule has 0 aliphatic heterocycles. The maximum absolute atomic E-state index is 12.0. The lowest BCUT2D eigenvalue weighted by molar-refractivity contribution is -0.124. The Morgan fingerprint density at radius 3 is 2.67 bits per heavy atom. The Hall–Kier alpha value is -1.95. The molecule has 1 aromatic heterocycles. The SMILES string of the molecule is CCC1CCCCC1OCC(=O)Nc1ccc(C(=O)N(C)C)cn1. The van der Waals surface area contributed by atoms with Crippen LogP contribution in [0.25, 0.3) is 0 Å². The second-order valence-electron chi connectivity index (χ2n) is 6.48. The minimum absolute atomic E-state index is 0.0429. The lowest BCUT2D eigenvalue weighted by Crippen LogP contribution is -2.31. The third-order valence-corrected chi connectivity index (χ3v) is 4.48. The number of ether oxygens (including phenoxy) is 1. The van der Waals surface area contributed by atoms with Crippen molar-refractivity contribution in [3.63, 3.8) is 0 Å². The molecule has 132 valence electrons. The molecule has 2 rings (SSSR count). The van der Waals surface area contributed by atoms with Crippen molar-refractivity contribution in [2.24, 2.45) is 5.92 Å². The summed E-state index contributed by atoms with van der Waals surface area (Å²) in [6, 6.07) is 3.28.